The predicted octanol–water partition coefficient (Wildman–Crippen LogP) is 3.54. The van der Waals surface area contributed by atoms with Crippen molar-refractivity contribution >= 4 is 17.2 Å². The van der Waals surface area contributed by atoms with Gasteiger partial charge >= 0.3 is 0 Å². The van der Waals surface area contributed by atoms with E-state index in [9.17, 15) is 4.79 Å². The SMILES string of the molecule is Cc1nc(C(=O)N2CCC[C@@H]2c2cc(C(C)C)on2)cs1. The summed E-state index contributed by atoms with van der Waals surface area (Å²) in [4.78, 5) is 18.8. The molecule has 0 saturated carbocycles. The second-order valence-corrected chi connectivity index (χ2v) is 6.78. The highest BCUT2D eigenvalue weighted by Gasteiger charge is 2.33. The zero-order valence-corrected chi connectivity index (χ0v) is 13.3. The van der Waals surface area contributed by atoms with E-state index in [-0.39, 0.29) is 11.9 Å². The van der Waals surface area contributed by atoms with Crippen molar-refractivity contribution in [1.29, 1.82) is 0 Å². The number of rotatable bonds is 3. The molecule has 1 amide bonds. The van der Waals surface area contributed by atoms with E-state index in [1.54, 1.807) is 0 Å². The molecule has 0 aliphatic carbocycles. The molecule has 6 heteroatoms. The van der Waals surface area contributed by atoms with Gasteiger partial charge in [-0.2, -0.15) is 0 Å². The van der Waals surface area contributed by atoms with E-state index < -0.39 is 0 Å². The monoisotopic (exact) mass is 305 g/mol. The molecule has 1 aliphatic rings. The second-order valence-electron chi connectivity index (χ2n) is 5.72. The van der Waals surface area contributed by atoms with Crippen LogP contribution in [0.2, 0.25) is 0 Å². The standard InChI is InChI=1S/C15H19N3O2S/c1-9(2)14-7-11(17-20-14)13-5-4-6-18(13)15(19)12-8-21-10(3)16-12/h7-9,13H,4-6H2,1-3H3/t13-/m1/s1. The third-order valence-electron chi connectivity index (χ3n) is 3.81. The zero-order valence-electron chi connectivity index (χ0n) is 12.5. The molecule has 0 radical (unpaired) electrons. The maximum atomic E-state index is 12.6. The summed E-state index contributed by atoms with van der Waals surface area (Å²) in [5, 5.41) is 6.91. The van der Waals surface area contributed by atoms with Crippen molar-refractivity contribution in [2.45, 2.75) is 45.6 Å². The van der Waals surface area contributed by atoms with Crippen LogP contribution in [-0.4, -0.2) is 27.5 Å². The fourth-order valence-corrected chi connectivity index (χ4v) is 3.25. The lowest BCUT2D eigenvalue weighted by atomic mass is 10.1. The van der Waals surface area contributed by atoms with Gasteiger partial charge in [0.05, 0.1) is 11.0 Å². The molecule has 1 saturated heterocycles. The molecule has 0 aromatic carbocycles. The van der Waals surface area contributed by atoms with Crippen LogP contribution in [0.3, 0.4) is 0 Å². The Labute approximate surface area is 128 Å². The molecule has 21 heavy (non-hydrogen) atoms. The van der Waals surface area contributed by atoms with Gasteiger partial charge in [0.25, 0.3) is 5.91 Å². The fourth-order valence-electron chi connectivity index (χ4n) is 2.66. The number of carbonyl (C=O) groups excluding carboxylic acids is 1. The third kappa shape index (κ3) is 2.72. The molecule has 1 fully saturated rings. The summed E-state index contributed by atoms with van der Waals surface area (Å²) >= 11 is 1.50. The Balaban J connectivity index is 1.83. The van der Waals surface area contributed by atoms with Gasteiger partial charge in [0, 0.05) is 23.9 Å². The molecule has 0 bridgehead atoms. The van der Waals surface area contributed by atoms with Gasteiger partial charge in [0.15, 0.2) is 0 Å². The van der Waals surface area contributed by atoms with Crippen LogP contribution in [0, 0.1) is 6.92 Å². The minimum absolute atomic E-state index is 0.00375. The van der Waals surface area contributed by atoms with E-state index in [0.717, 1.165) is 35.8 Å². The lowest BCUT2D eigenvalue weighted by Crippen LogP contribution is -2.31. The quantitative estimate of drug-likeness (QED) is 0.870. The highest BCUT2D eigenvalue weighted by Crippen LogP contribution is 2.33. The largest absolute Gasteiger partial charge is 0.361 e. The average Bonchev–Trinajstić information content (AvgIpc) is 3.17. The maximum Gasteiger partial charge on any atom is 0.273 e. The zero-order chi connectivity index (χ0) is 15.0. The highest BCUT2D eigenvalue weighted by molar-refractivity contribution is 7.09. The van der Waals surface area contributed by atoms with Crippen molar-refractivity contribution in [1.82, 2.24) is 15.0 Å². The van der Waals surface area contributed by atoms with E-state index in [1.807, 2.05) is 23.3 Å². The molecule has 112 valence electrons. The Kier molecular flexibility index (Phi) is 3.80. The Morgan fingerprint density at radius 2 is 2.33 bits per heavy atom. The lowest BCUT2D eigenvalue weighted by molar-refractivity contribution is 0.0725. The summed E-state index contributed by atoms with van der Waals surface area (Å²) in [7, 11) is 0. The molecular formula is C15H19N3O2S. The van der Waals surface area contributed by atoms with Crippen molar-refractivity contribution in [3.05, 3.63) is 33.6 Å². The van der Waals surface area contributed by atoms with Crippen LogP contribution in [-0.2, 0) is 0 Å². The Morgan fingerprint density at radius 3 is 2.95 bits per heavy atom. The van der Waals surface area contributed by atoms with Gasteiger partial charge in [-0.05, 0) is 19.8 Å². The molecule has 0 spiro atoms. The normalized spacial score (nSPS) is 18.7. The van der Waals surface area contributed by atoms with E-state index in [1.165, 1.54) is 11.3 Å². The number of aromatic nitrogens is 2. The molecular weight excluding hydrogens is 286 g/mol. The number of likely N-dealkylation sites (tertiary alicyclic amines) is 1. The van der Waals surface area contributed by atoms with Gasteiger partial charge in [-0.25, -0.2) is 4.98 Å². The summed E-state index contributed by atoms with van der Waals surface area (Å²) in [5.41, 5.74) is 1.40. The fraction of sp³-hybridized carbons (Fsp3) is 0.533. The Hall–Kier alpha value is -1.69. The minimum Gasteiger partial charge on any atom is -0.361 e. The van der Waals surface area contributed by atoms with Crippen molar-refractivity contribution in [3.63, 3.8) is 0 Å². The predicted molar refractivity (Wildman–Crippen MR) is 80.5 cm³/mol. The number of amides is 1. The molecule has 0 N–H and O–H groups in total. The third-order valence-corrected chi connectivity index (χ3v) is 4.58. The average molecular weight is 305 g/mol. The van der Waals surface area contributed by atoms with E-state index in [4.69, 9.17) is 4.52 Å². The van der Waals surface area contributed by atoms with Crippen LogP contribution in [0.1, 0.15) is 65.6 Å². The molecule has 0 unspecified atom stereocenters. The number of thiazole rings is 1. The van der Waals surface area contributed by atoms with Gasteiger partial charge in [-0.3, -0.25) is 4.79 Å². The van der Waals surface area contributed by atoms with Crippen LogP contribution in [0.15, 0.2) is 16.0 Å². The van der Waals surface area contributed by atoms with Crippen molar-refractivity contribution in [2.24, 2.45) is 0 Å². The summed E-state index contributed by atoms with van der Waals surface area (Å²) in [6.07, 6.45) is 1.92. The summed E-state index contributed by atoms with van der Waals surface area (Å²) in [6.45, 7) is 6.80. The second kappa shape index (κ2) is 5.60. The van der Waals surface area contributed by atoms with E-state index >= 15 is 0 Å². The molecule has 1 atom stereocenters. The molecule has 3 heterocycles. The van der Waals surface area contributed by atoms with Crippen molar-refractivity contribution in [2.75, 3.05) is 6.54 Å². The van der Waals surface area contributed by atoms with Gasteiger partial charge in [0.2, 0.25) is 0 Å². The summed E-state index contributed by atoms with van der Waals surface area (Å²) < 4.78 is 5.37. The van der Waals surface area contributed by atoms with Crippen molar-refractivity contribution in [3.8, 4) is 0 Å². The number of hydrogen-bond donors (Lipinski definition) is 0. The maximum absolute atomic E-state index is 12.6. The summed E-state index contributed by atoms with van der Waals surface area (Å²) in [5.74, 6) is 1.17. The van der Waals surface area contributed by atoms with Crippen molar-refractivity contribution < 1.29 is 9.32 Å². The first-order valence-electron chi connectivity index (χ1n) is 7.26. The number of aryl methyl sites for hydroxylation is 1. The molecule has 1 aliphatic heterocycles. The summed E-state index contributed by atoms with van der Waals surface area (Å²) in [6, 6.07) is 1.99. The highest BCUT2D eigenvalue weighted by atomic mass is 32.1. The van der Waals surface area contributed by atoms with Crippen LogP contribution in [0.5, 0.6) is 0 Å². The van der Waals surface area contributed by atoms with E-state index in [0.29, 0.717) is 11.6 Å². The first-order valence-corrected chi connectivity index (χ1v) is 8.14. The van der Waals surface area contributed by atoms with E-state index in [2.05, 4.69) is 24.0 Å². The number of hydrogen-bond acceptors (Lipinski definition) is 5. The van der Waals surface area contributed by atoms with Gasteiger partial charge in [-0.15, -0.1) is 11.3 Å². The van der Waals surface area contributed by atoms with Crippen LogP contribution < -0.4 is 0 Å². The molecule has 5 nitrogen and oxygen atoms in total. The smallest absolute Gasteiger partial charge is 0.273 e. The van der Waals surface area contributed by atoms with Gasteiger partial charge in [0.1, 0.15) is 17.1 Å². The number of carbonyl (C=O) groups is 1. The minimum atomic E-state index is -0.00375. The van der Waals surface area contributed by atoms with Crippen LogP contribution >= 0.6 is 11.3 Å². The Morgan fingerprint density at radius 1 is 1.52 bits per heavy atom. The van der Waals surface area contributed by atoms with Crippen LogP contribution in [0.25, 0.3) is 0 Å². The molecule has 3 rings (SSSR count). The lowest BCUT2D eigenvalue weighted by Gasteiger charge is -2.21. The van der Waals surface area contributed by atoms with Gasteiger partial charge in [-0.1, -0.05) is 19.0 Å². The first-order chi connectivity index (χ1) is 10.1. The van der Waals surface area contributed by atoms with Crippen LogP contribution in [0.4, 0.5) is 0 Å². The topological polar surface area (TPSA) is 59.2 Å². The molecule has 2 aromatic rings. The molecule has 2 aromatic heterocycles. The number of nitrogens with zero attached hydrogens (tertiary/aromatic N) is 3. The Bertz CT molecular complexity index is 647. The van der Waals surface area contributed by atoms with Gasteiger partial charge < -0.3 is 9.42 Å². The first kappa shape index (κ1) is 14.3.